The molecule has 0 aromatic heterocycles. The van der Waals surface area contributed by atoms with E-state index in [9.17, 15) is 5.11 Å². The van der Waals surface area contributed by atoms with Gasteiger partial charge in [-0.15, -0.1) is 0 Å². The van der Waals surface area contributed by atoms with Crippen LogP contribution in [0.3, 0.4) is 0 Å². The smallest absolute Gasteiger partial charge is 0.0900 e. The van der Waals surface area contributed by atoms with Crippen molar-refractivity contribution in [1.29, 1.82) is 0 Å². The summed E-state index contributed by atoms with van der Waals surface area (Å²) in [4.78, 5) is 2.44. The number of hydrogen-bond acceptors (Lipinski definition) is 4. The van der Waals surface area contributed by atoms with E-state index in [2.05, 4.69) is 36.1 Å². The lowest BCUT2D eigenvalue weighted by Gasteiger charge is -2.36. The zero-order valence-corrected chi connectivity index (χ0v) is 14.5. The van der Waals surface area contributed by atoms with Crippen molar-refractivity contribution in [3.63, 3.8) is 0 Å². The van der Waals surface area contributed by atoms with Gasteiger partial charge in [0.1, 0.15) is 0 Å². The van der Waals surface area contributed by atoms with Crippen LogP contribution in [0.2, 0.25) is 0 Å². The van der Waals surface area contributed by atoms with Gasteiger partial charge in [-0.2, -0.15) is 0 Å². The zero-order chi connectivity index (χ0) is 16.5. The summed E-state index contributed by atoms with van der Waals surface area (Å²) in [5.41, 5.74) is 2.96. The maximum atomic E-state index is 10.3. The molecule has 4 heteroatoms. The number of fused-ring (bicyclic) bond motifs is 1. The fourth-order valence-corrected chi connectivity index (χ4v) is 3.39. The van der Waals surface area contributed by atoms with E-state index in [4.69, 9.17) is 9.47 Å². The van der Waals surface area contributed by atoms with Gasteiger partial charge in [0.05, 0.1) is 25.9 Å². The van der Waals surface area contributed by atoms with Crippen LogP contribution in [-0.2, 0) is 22.3 Å². The lowest BCUT2D eigenvalue weighted by molar-refractivity contribution is -0.00743. The lowest BCUT2D eigenvalue weighted by Crippen LogP contribution is -2.45. The number of benzene rings is 1. The normalized spacial score (nSPS) is 18.9. The van der Waals surface area contributed by atoms with E-state index in [1.807, 2.05) is 0 Å². The van der Waals surface area contributed by atoms with Crippen LogP contribution < -0.4 is 0 Å². The highest BCUT2D eigenvalue weighted by Crippen LogP contribution is 2.24. The molecule has 2 unspecified atom stereocenters. The summed E-state index contributed by atoms with van der Waals surface area (Å²) in [7, 11) is 1.66. The van der Waals surface area contributed by atoms with E-state index in [0.717, 1.165) is 25.8 Å². The minimum absolute atomic E-state index is 0.382. The second-order valence-electron chi connectivity index (χ2n) is 6.38. The third-order valence-electron chi connectivity index (χ3n) is 4.54. The molecule has 0 amide bonds. The van der Waals surface area contributed by atoms with Crippen molar-refractivity contribution in [2.75, 3.05) is 40.0 Å². The molecule has 0 heterocycles. The van der Waals surface area contributed by atoms with Crippen molar-refractivity contribution in [3.05, 3.63) is 35.4 Å². The Morgan fingerprint density at radius 1 is 1.26 bits per heavy atom. The van der Waals surface area contributed by atoms with Crippen molar-refractivity contribution in [2.45, 2.75) is 44.8 Å². The van der Waals surface area contributed by atoms with Crippen LogP contribution in [-0.4, -0.2) is 62.2 Å². The number of aliphatic hydroxyl groups excluding tert-OH is 1. The first-order valence-corrected chi connectivity index (χ1v) is 8.80. The molecule has 0 saturated carbocycles. The largest absolute Gasteiger partial charge is 0.389 e. The number of aliphatic hydroxyl groups is 1. The molecule has 0 bridgehead atoms. The highest BCUT2D eigenvalue weighted by molar-refractivity contribution is 5.30. The molecule has 2 atom stereocenters. The van der Waals surface area contributed by atoms with Gasteiger partial charge in [-0.25, -0.2) is 0 Å². The minimum atomic E-state index is -0.435. The summed E-state index contributed by atoms with van der Waals surface area (Å²) in [6.45, 7) is 5.41. The number of hydrogen-bond donors (Lipinski definition) is 1. The first-order valence-electron chi connectivity index (χ1n) is 8.80. The fourth-order valence-electron chi connectivity index (χ4n) is 3.39. The molecule has 23 heavy (non-hydrogen) atoms. The van der Waals surface area contributed by atoms with Gasteiger partial charge < -0.3 is 14.6 Å². The molecule has 0 radical (unpaired) electrons. The van der Waals surface area contributed by atoms with Gasteiger partial charge in [-0.3, -0.25) is 4.90 Å². The Bertz CT molecular complexity index is 452. The van der Waals surface area contributed by atoms with Crippen LogP contribution >= 0.6 is 0 Å². The third-order valence-corrected chi connectivity index (χ3v) is 4.54. The van der Waals surface area contributed by atoms with Gasteiger partial charge in [-0.1, -0.05) is 31.2 Å². The average Bonchev–Trinajstić information content (AvgIpc) is 2.58. The molecule has 2 rings (SSSR count). The van der Waals surface area contributed by atoms with Gasteiger partial charge in [-0.05, 0) is 43.4 Å². The van der Waals surface area contributed by atoms with Crippen LogP contribution in [0.15, 0.2) is 24.3 Å². The van der Waals surface area contributed by atoms with Gasteiger partial charge in [0.15, 0.2) is 0 Å². The monoisotopic (exact) mass is 321 g/mol. The Kier molecular flexibility index (Phi) is 8.03. The summed E-state index contributed by atoms with van der Waals surface area (Å²) in [5, 5.41) is 10.3. The van der Waals surface area contributed by atoms with Crippen LogP contribution in [0.25, 0.3) is 0 Å². The lowest BCUT2D eigenvalue weighted by atomic mass is 9.87. The quantitative estimate of drug-likeness (QED) is 0.671. The van der Waals surface area contributed by atoms with E-state index >= 15 is 0 Å². The van der Waals surface area contributed by atoms with Crippen LogP contribution in [0, 0.1) is 0 Å². The van der Waals surface area contributed by atoms with Gasteiger partial charge in [0.2, 0.25) is 0 Å². The molecule has 1 aromatic carbocycles. The van der Waals surface area contributed by atoms with Crippen molar-refractivity contribution < 1.29 is 14.6 Å². The van der Waals surface area contributed by atoms with Crippen molar-refractivity contribution in [2.24, 2.45) is 0 Å². The van der Waals surface area contributed by atoms with E-state index in [1.165, 1.54) is 17.5 Å². The van der Waals surface area contributed by atoms with Crippen LogP contribution in [0.5, 0.6) is 0 Å². The number of ether oxygens (including phenoxy) is 2. The highest BCUT2D eigenvalue weighted by Gasteiger charge is 2.25. The van der Waals surface area contributed by atoms with E-state index < -0.39 is 6.10 Å². The van der Waals surface area contributed by atoms with Gasteiger partial charge in [0, 0.05) is 19.7 Å². The molecule has 1 aliphatic carbocycles. The molecule has 130 valence electrons. The van der Waals surface area contributed by atoms with E-state index in [1.54, 1.807) is 7.11 Å². The first-order chi connectivity index (χ1) is 11.2. The van der Waals surface area contributed by atoms with Gasteiger partial charge >= 0.3 is 0 Å². The molecule has 0 fully saturated rings. The summed E-state index contributed by atoms with van der Waals surface area (Å²) in [5.74, 6) is 0. The Labute approximate surface area is 140 Å². The van der Waals surface area contributed by atoms with Crippen molar-refractivity contribution in [1.82, 2.24) is 4.90 Å². The molecule has 0 saturated heterocycles. The Hall–Kier alpha value is -0.940. The summed E-state index contributed by atoms with van der Waals surface area (Å²) >= 11 is 0. The van der Waals surface area contributed by atoms with Crippen molar-refractivity contribution in [3.8, 4) is 0 Å². The predicted octanol–water partition coefficient (Wildman–Crippen LogP) is 2.28. The minimum Gasteiger partial charge on any atom is -0.389 e. The number of nitrogens with zero attached hydrogens (tertiary/aromatic N) is 1. The maximum Gasteiger partial charge on any atom is 0.0900 e. The number of methoxy groups -OCH3 is 1. The summed E-state index contributed by atoms with van der Waals surface area (Å²) < 4.78 is 10.4. The fraction of sp³-hybridized carbons (Fsp3) is 0.684. The molecule has 0 aliphatic heterocycles. The average molecular weight is 321 g/mol. The number of aryl methyl sites for hydroxylation is 1. The first kappa shape index (κ1) is 18.4. The number of rotatable bonds is 10. The summed E-state index contributed by atoms with van der Waals surface area (Å²) in [6, 6.07) is 9.27. The third kappa shape index (κ3) is 5.88. The molecule has 1 aliphatic rings. The van der Waals surface area contributed by atoms with Crippen LogP contribution in [0.1, 0.15) is 30.9 Å². The van der Waals surface area contributed by atoms with Crippen LogP contribution in [0.4, 0.5) is 0 Å². The van der Waals surface area contributed by atoms with E-state index in [-0.39, 0.29) is 0 Å². The molecule has 1 aromatic rings. The van der Waals surface area contributed by atoms with Crippen molar-refractivity contribution >= 4 is 0 Å². The topological polar surface area (TPSA) is 41.9 Å². The standard InChI is InChI=1S/C19H31NO3/c1-3-10-20(14-19(21)15-23-12-11-22-2)18-9-8-16-6-4-5-7-17(16)13-18/h4-7,18-19,21H,3,8-15H2,1-2H3. The maximum absolute atomic E-state index is 10.3. The summed E-state index contributed by atoms with van der Waals surface area (Å²) in [6.07, 6.45) is 4.08. The molecule has 1 N–H and O–H groups in total. The molecule has 4 nitrogen and oxygen atoms in total. The highest BCUT2D eigenvalue weighted by atomic mass is 16.5. The second kappa shape index (κ2) is 10.0. The second-order valence-corrected chi connectivity index (χ2v) is 6.38. The Morgan fingerprint density at radius 3 is 2.78 bits per heavy atom. The molecular formula is C19H31NO3. The van der Waals surface area contributed by atoms with E-state index in [0.29, 0.717) is 32.4 Å². The Morgan fingerprint density at radius 2 is 2.04 bits per heavy atom. The molecular weight excluding hydrogens is 290 g/mol. The SMILES string of the molecule is CCCN(CC(O)COCCOC)C1CCc2ccccc2C1. The van der Waals surface area contributed by atoms with Gasteiger partial charge in [0.25, 0.3) is 0 Å². The molecule has 0 spiro atoms. The predicted molar refractivity (Wildman–Crippen MR) is 92.8 cm³/mol. The zero-order valence-electron chi connectivity index (χ0n) is 14.5. The Balaban J connectivity index is 1.86.